The molecular weight excluding hydrogens is 203 g/mol. The molecule has 0 spiro atoms. The summed E-state index contributed by atoms with van der Waals surface area (Å²) in [6.07, 6.45) is 0. The van der Waals surface area contributed by atoms with Crippen LogP contribution in [0.3, 0.4) is 0 Å². The van der Waals surface area contributed by atoms with Crippen molar-refractivity contribution in [1.29, 1.82) is 0 Å². The van der Waals surface area contributed by atoms with Crippen molar-refractivity contribution in [2.75, 3.05) is 0 Å². The molecule has 0 unspecified atom stereocenters. The molecule has 0 bridgehead atoms. The third kappa shape index (κ3) is 6.71. The molecule has 1 N–H and O–H groups in total. The van der Waals surface area contributed by atoms with E-state index in [1.165, 1.54) is 0 Å². The first-order valence-electron chi connectivity index (χ1n) is 1.05. The van der Waals surface area contributed by atoms with E-state index in [0.717, 1.165) is 0 Å². The summed E-state index contributed by atoms with van der Waals surface area (Å²) in [7, 11) is -4.37. The Hall–Kier alpha value is 0.713. The van der Waals surface area contributed by atoms with Crippen molar-refractivity contribution in [1.82, 2.24) is 0 Å². The zero-order chi connectivity index (χ0) is 5.91. The summed E-state index contributed by atoms with van der Waals surface area (Å²) in [6.45, 7) is 0. The Morgan fingerprint density at radius 1 is 1.57 bits per heavy atom. The van der Waals surface area contributed by atoms with Gasteiger partial charge in [0, 0.05) is 0 Å². The van der Waals surface area contributed by atoms with Gasteiger partial charge in [-0.3, -0.25) is 0 Å². The Balaban J connectivity index is 3.60. The Morgan fingerprint density at radius 3 is 2.00 bits per heavy atom. The number of hydrogen-bond acceptors (Lipinski definition) is 4. The van der Waals surface area contributed by atoms with Crippen LogP contribution >= 0.6 is 0 Å². The maximum absolute atomic E-state index is 9.45. The molecule has 0 amide bonds. The van der Waals surface area contributed by atoms with Gasteiger partial charge in [-0.2, -0.15) is 0 Å². The molecule has 7 heavy (non-hydrogen) atoms. The molecule has 0 aromatic carbocycles. The second-order valence-corrected chi connectivity index (χ2v) is 1.98. The molecular formula is HO5SZr. The second-order valence-electron chi connectivity index (χ2n) is 0.579. The van der Waals surface area contributed by atoms with Crippen LogP contribution in [0, 0.1) is 0 Å². The van der Waals surface area contributed by atoms with Gasteiger partial charge in [-0.1, -0.05) is 0 Å². The zero-order valence-electron chi connectivity index (χ0n) is 2.99. The van der Waals surface area contributed by atoms with Gasteiger partial charge >= 0.3 is 55.8 Å². The quantitative estimate of drug-likeness (QED) is 0.362. The van der Waals surface area contributed by atoms with Gasteiger partial charge in [0.1, 0.15) is 0 Å². The normalized spacial score (nSPS) is 11.4. The summed E-state index contributed by atoms with van der Waals surface area (Å²) in [4.78, 5) is 0. The van der Waals surface area contributed by atoms with Crippen molar-refractivity contribution in [2.45, 2.75) is 0 Å². The van der Waals surface area contributed by atoms with Crippen LogP contribution in [0.5, 0.6) is 0 Å². The van der Waals surface area contributed by atoms with E-state index in [2.05, 4.69) is 7.30 Å². The topological polar surface area (TPSA) is 72.8 Å². The SMILES string of the molecule is O=S(=O)(O)O[O][Zr]. The van der Waals surface area contributed by atoms with Gasteiger partial charge < -0.3 is 0 Å². The monoisotopic (exact) mass is 203 g/mol. The van der Waals surface area contributed by atoms with Gasteiger partial charge in [-0.25, -0.2) is 0 Å². The molecule has 0 atom stereocenters. The summed E-state index contributed by atoms with van der Waals surface area (Å²) in [5.74, 6) is 0. The average Bonchev–Trinajstić information content (AvgIpc) is 1.30. The van der Waals surface area contributed by atoms with Crippen LogP contribution in [0.25, 0.3) is 0 Å². The second kappa shape index (κ2) is 2.89. The Labute approximate surface area is 56.0 Å². The molecule has 0 aliphatic heterocycles. The van der Waals surface area contributed by atoms with Crippen molar-refractivity contribution in [2.24, 2.45) is 0 Å². The van der Waals surface area contributed by atoms with Crippen LogP contribution in [0.4, 0.5) is 0 Å². The molecule has 0 radical (unpaired) electrons. The van der Waals surface area contributed by atoms with Crippen LogP contribution in [0.1, 0.15) is 0 Å². The van der Waals surface area contributed by atoms with Gasteiger partial charge in [0.2, 0.25) is 0 Å². The van der Waals surface area contributed by atoms with Crippen molar-refractivity contribution < 1.29 is 45.4 Å². The van der Waals surface area contributed by atoms with Crippen molar-refractivity contribution in [3.8, 4) is 0 Å². The molecule has 0 saturated carbocycles. The molecule has 0 fully saturated rings. The summed E-state index contributed by atoms with van der Waals surface area (Å²) in [5.41, 5.74) is 0. The van der Waals surface area contributed by atoms with E-state index in [9.17, 15) is 8.42 Å². The van der Waals surface area contributed by atoms with E-state index >= 15 is 0 Å². The molecule has 0 rings (SSSR count). The van der Waals surface area contributed by atoms with E-state index in [-0.39, 0.29) is 0 Å². The third-order valence-corrected chi connectivity index (χ3v) is 0.862. The maximum atomic E-state index is 9.45. The van der Waals surface area contributed by atoms with E-state index < -0.39 is 10.4 Å². The van der Waals surface area contributed by atoms with Gasteiger partial charge in [0.25, 0.3) is 0 Å². The van der Waals surface area contributed by atoms with Gasteiger partial charge in [-0.05, 0) is 0 Å². The van der Waals surface area contributed by atoms with Gasteiger partial charge in [-0.15, -0.1) is 0 Å². The van der Waals surface area contributed by atoms with Crippen LogP contribution in [0.2, 0.25) is 0 Å². The van der Waals surface area contributed by atoms with E-state index in [1.807, 2.05) is 0 Å². The van der Waals surface area contributed by atoms with Crippen LogP contribution < -0.4 is 0 Å². The summed E-state index contributed by atoms with van der Waals surface area (Å²) in [5, 5.41) is 0. The van der Waals surface area contributed by atoms with Crippen LogP contribution in [-0.4, -0.2) is 13.0 Å². The first-order valence-corrected chi connectivity index (χ1v) is 3.42. The molecule has 0 saturated heterocycles. The number of hydrogen-bond donors (Lipinski definition) is 1. The molecule has 41 valence electrons. The predicted octanol–water partition coefficient (Wildman–Crippen LogP) is -0.801. The minimum atomic E-state index is -4.37. The standard InChI is InChI=1S/H2O5S.Zr/c1-5-6(2,3)4;/h1H,(H,2,3,4);/q;+1/p-1. The summed E-state index contributed by atoms with van der Waals surface area (Å²) >= 11 is 0.410. The summed E-state index contributed by atoms with van der Waals surface area (Å²) < 4.78 is 33.5. The van der Waals surface area contributed by atoms with E-state index in [1.54, 1.807) is 0 Å². The molecule has 0 aliphatic carbocycles. The summed E-state index contributed by atoms with van der Waals surface area (Å²) in [6, 6.07) is 0. The zero-order valence-corrected chi connectivity index (χ0v) is 6.26. The van der Waals surface area contributed by atoms with Crippen LogP contribution in [-0.2, 0) is 42.9 Å². The van der Waals surface area contributed by atoms with E-state index in [0.29, 0.717) is 25.2 Å². The first-order chi connectivity index (χ1) is 3.06. The fourth-order valence-corrected chi connectivity index (χ4v) is 0.763. The Kier molecular flexibility index (Phi) is 3.18. The minimum absolute atomic E-state index is 0.410. The van der Waals surface area contributed by atoms with Gasteiger partial charge in [0.05, 0.1) is 0 Å². The van der Waals surface area contributed by atoms with E-state index in [4.69, 9.17) is 4.55 Å². The van der Waals surface area contributed by atoms with Gasteiger partial charge in [0.15, 0.2) is 0 Å². The Bertz CT molecular complexity index is 121. The third-order valence-electron chi connectivity index (χ3n) is 0.120. The fraction of sp³-hybridized carbons (Fsp3) is 0. The van der Waals surface area contributed by atoms with Crippen molar-refractivity contribution in [3.05, 3.63) is 0 Å². The average molecular weight is 204 g/mol. The molecule has 0 aromatic rings. The van der Waals surface area contributed by atoms with Crippen LogP contribution in [0.15, 0.2) is 0 Å². The molecule has 0 aromatic heterocycles. The molecule has 5 nitrogen and oxygen atoms in total. The molecule has 7 heteroatoms. The molecule has 0 aliphatic rings. The predicted molar refractivity (Wildman–Crippen MR) is 13.7 cm³/mol. The number of rotatable bonds is 2. The van der Waals surface area contributed by atoms with Crippen molar-refractivity contribution in [3.63, 3.8) is 0 Å². The first kappa shape index (κ1) is 7.71. The molecule has 0 heterocycles. The fourth-order valence-electron chi connectivity index (χ4n) is 0.0430. The Morgan fingerprint density at radius 2 is 2.00 bits per heavy atom. The van der Waals surface area contributed by atoms with Crippen molar-refractivity contribution >= 4 is 10.4 Å².